The summed E-state index contributed by atoms with van der Waals surface area (Å²) < 4.78 is 0. The van der Waals surface area contributed by atoms with E-state index in [-0.39, 0.29) is 17.2 Å². The van der Waals surface area contributed by atoms with Crippen LogP contribution in [0.5, 0.6) is 0 Å². The highest BCUT2D eigenvalue weighted by atomic mass is 16.2. The first kappa shape index (κ1) is 13.5. The van der Waals surface area contributed by atoms with Gasteiger partial charge in [-0.25, -0.2) is 0 Å². The van der Waals surface area contributed by atoms with E-state index in [2.05, 4.69) is 15.6 Å². The van der Waals surface area contributed by atoms with Crippen molar-refractivity contribution in [3.8, 4) is 0 Å². The number of anilines is 2. The smallest absolute Gasteiger partial charge is 0.272 e. The molecule has 1 aromatic heterocycles. The minimum atomic E-state index is -0.407. The van der Waals surface area contributed by atoms with E-state index in [1.807, 2.05) is 0 Å². The standard InChI is InChI=1S/C14H13N3O3/c1-9(18)15-10-5-7-11(8-6-10)16-14(20)12-3-2-4-13(19)17-12/h2-8H,1H3,(H,15,18)(H,16,20)(H,17,19). The first-order valence-corrected chi connectivity index (χ1v) is 5.93. The van der Waals surface area contributed by atoms with Crippen molar-refractivity contribution >= 4 is 23.2 Å². The molecule has 0 unspecified atom stereocenters. The number of carbonyl (C=O) groups is 2. The molecule has 1 aromatic carbocycles. The van der Waals surface area contributed by atoms with Crippen molar-refractivity contribution in [3.05, 3.63) is 58.5 Å². The van der Waals surface area contributed by atoms with Crippen molar-refractivity contribution in [3.63, 3.8) is 0 Å². The van der Waals surface area contributed by atoms with Crippen molar-refractivity contribution in [1.29, 1.82) is 0 Å². The maximum atomic E-state index is 11.9. The summed E-state index contributed by atoms with van der Waals surface area (Å²) in [5, 5.41) is 5.27. The fraction of sp³-hybridized carbons (Fsp3) is 0.0714. The number of aromatic amines is 1. The molecule has 0 aliphatic heterocycles. The molecule has 0 bridgehead atoms. The van der Waals surface area contributed by atoms with Gasteiger partial charge < -0.3 is 15.6 Å². The van der Waals surface area contributed by atoms with Gasteiger partial charge in [0.05, 0.1) is 0 Å². The van der Waals surface area contributed by atoms with Crippen LogP contribution in [0.3, 0.4) is 0 Å². The van der Waals surface area contributed by atoms with Gasteiger partial charge in [-0.2, -0.15) is 0 Å². The summed E-state index contributed by atoms with van der Waals surface area (Å²) >= 11 is 0. The van der Waals surface area contributed by atoms with E-state index in [1.165, 1.54) is 25.1 Å². The van der Waals surface area contributed by atoms with Crippen LogP contribution in [0.2, 0.25) is 0 Å². The molecule has 102 valence electrons. The number of hydrogen-bond acceptors (Lipinski definition) is 3. The molecule has 2 rings (SSSR count). The van der Waals surface area contributed by atoms with Crippen LogP contribution in [-0.2, 0) is 4.79 Å². The van der Waals surface area contributed by atoms with Gasteiger partial charge in [0.25, 0.3) is 5.91 Å². The largest absolute Gasteiger partial charge is 0.326 e. The molecule has 0 spiro atoms. The Balaban J connectivity index is 2.08. The number of pyridine rings is 1. The van der Waals surface area contributed by atoms with Crippen LogP contribution in [0.1, 0.15) is 17.4 Å². The fourth-order valence-corrected chi connectivity index (χ4v) is 1.62. The lowest BCUT2D eigenvalue weighted by Crippen LogP contribution is -2.17. The van der Waals surface area contributed by atoms with Crippen LogP contribution in [0.4, 0.5) is 11.4 Å². The van der Waals surface area contributed by atoms with Gasteiger partial charge in [0.2, 0.25) is 11.5 Å². The average molecular weight is 271 g/mol. The predicted molar refractivity (Wildman–Crippen MR) is 75.8 cm³/mol. The Morgan fingerprint density at radius 3 is 2.10 bits per heavy atom. The second-order valence-corrected chi connectivity index (χ2v) is 4.14. The third-order valence-corrected chi connectivity index (χ3v) is 2.48. The topological polar surface area (TPSA) is 91.1 Å². The van der Waals surface area contributed by atoms with E-state index in [0.717, 1.165) is 0 Å². The van der Waals surface area contributed by atoms with Gasteiger partial charge >= 0.3 is 0 Å². The van der Waals surface area contributed by atoms with Gasteiger partial charge in [-0.1, -0.05) is 6.07 Å². The van der Waals surface area contributed by atoms with Crippen molar-refractivity contribution in [2.45, 2.75) is 6.92 Å². The zero-order chi connectivity index (χ0) is 14.5. The maximum Gasteiger partial charge on any atom is 0.272 e. The summed E-state index contributed by atoms with van der Waals surface area (Å²) in [5.74, 6) is -0.571. The summed E-state index contributed by atoms with van der Waals surface area (Å²) in [5.41, 5.74) is 1.06. The van der Waals surface area contributed by atoms with Crippen LogP contribution >= 0.6 is 0 Å². The molecule has 0 aliphatic carbocycles. The lowest BCUT2D eigenvalue weighted by molar-refractivity contribution is -0.114. The summed E-state index contributed by atoms with van der Waals surface area (Å²) in [6, 6.07) is 11.0. The SMILES string of the molecule is CC(=O)Nc1ccc(NC(=O)c2cccc(=O)[nH]2)cc1. The summed E-state index contributed by atoms with van der Waals surface area (Å²) in [6.07, 6.45) is 0. The average Bonchev–Trinajstić information content (AvgIpc) is 2.40. The highest BCUT2D eigenvalue weighted by Gasteiger charge is 2.06. The zero-order valence-electron chi connectivity index (χ0n) is 10.8. The first-order chi connectivity index (χ1) is 9.54. The summed E-state index contributed by atoms with van der Waals surface area (Å²) in [7, 11) is 0. The third kappa shape index (κ3) is 3.55. The van der Waals surface area contributed by atoms with E-state index in [4.69, 9.17) is 0 Å². The molecule has 3 N–H and O–H groups in total. The van der Waals surface area contributed by atoms with Gasteiger partial charge in [-0.3, -0.25) is 14.4 Å². The summed E-state index contributed by atoms with van der Waals surface area (Å²) in [6.45, 7) is 1.42. The minimum absolute atomic E-state index is 0.163. The van der Waals surface area contributed by atoms with Gasteiger partial charge in [0.15, 0.2) is 0 Å². The van der Waals surface area contributed by atoms with E-state index in [9.17, 15) is 14.4 Å². The zero-order valence-corrected chi connectivity index (χ0v) is 10.8. The summed E-state index contributed by atoms with van der Waals surface area (Å²) in [4.78, 5) is 36.3. The molecule has 20 heavy (non-hydrogen) atoms. The number of hydrogen-bond donors (Lipinski definition) is 3. The second-order valence-electron chi connectivity index (χ2n) is 4.14. The van der Waals surface area contributed by atoms with Gasteiger partial charge in [-0.15, -0.1) is 0 Å². The highest BCUT2D eigenvalue weighted by molar-refractivity contribution is 6.02. The number of aromatic nitrogens is 1. The number of nitrogens with one attached hydrogen (secondary N) is 3. The second kappa shape index (κ2) is 5.83. The van der Waals surface area contributed by atoms with E-state index < -0.39 is 5.91 Å². The maximum absolute atomic E-state index is 11.9. The number of amides is 2. The number of benzene rings is 1. The molecule has 2 amide bonds. The Kier molecular flexibility index (Phi) is 3.95. The molecule has 6 nitrogen and oxygen atoms in total. The van der Waals surface area contributed by atoms with Crippen LogP contribution in [0, 0.1) is 0 Å². The highest BCUT2D eigenvalue weighted by Crippen LogP contribution is 2.14. The lowest BCUT2D eigenvalue weighted by atomic mass is 10.2. The molecule has 0 atom stereocenters. The number of carbonyl (C=O) groups excluding carboxylic acids is 2. The van der Waals surface area contributed by atoms with Gasteiger partial charge in [0, 0.05) is 24.4 Å². The molecule has 0 radical (unpaired) electrons. The normalized spacial score (nSPS) is 9.85. The lowest BCUT2D eigenvalue weighted by Gasteiger charge is -2.06. The Morgan fingerprint density at radius 2 is 1.55 bits per heavy atom. The molecule has 0 saturated carbocycles. The Morgan fingerprint density at radius 1 is 0.950 bits per heavy atom. The Hall–Kier alpha value is -2.89. The molecular formula is C14H13N3O3. The predicted octanol–water partition coefficient (Wildman–Crippen LogP) is 1.59. The monoisotopic (exact) mass is 271 g/mol. The number of rotatable bonds is 3. The van der Waals surface area contributed by atoms with Crippen LogP contribution in [-0.4, -0.2) is 16.8 Å². The molecule has 0 fully saturated rings. The Labute approximate surface area is 114 Å². The molecule has 0 saturated heterocycles. The van der Waals surface area contributed by atoms with Crippen molar-refractivity contribution in [2.24, 2.45) is 0 Å². The van der Waals surface area contributed by atoms with Crippen molar-refractivity contribution in [1.82, 2.24) is 4.98 Å². The van der Waals surface area contributed by atoms with Crippen molar-refractivity contribution in [2.75, 3.05) is 10.6 Å². The van der Waals surface area contributed by atoms with Crippen LogP contribution < -0.4 is 16.2 Å². The van der Waals surface area contributed by atoms with Gasteiger partial charge in [-0.05, 0) is 30.3 Å². The van der Waals surface area contributed by atoms with E-state index in [0.29, 0.717) is 11.4 Å². The van der Waals surface area contributed by atoms with Crippen LogP contribution in [0.15, 0.2) is 47.3 Å². The molecule has 2 aromatic rings. The molecule has 1 heterocycles. The quantitative estimate of drug-likeness (QED) is 0.791. The Bertz CT molecular complexity index is 689. The molecular weight excluding hydrogens is 258 g/mol. The van der Waals surface area contributed by atoms with Crippen LogP contribution in [0.25, 0.3) is 0 Å². The molecule has 0 aliphatic rings. The van der Waals surface area contributed by atoms with E-state index in [1.54, 1.807) is 24.3 Å². The fourth-order valence-electron chi connectivity index (χ4n) is 1.62. The third-order valence-electron chi connectivity index (χ3n) is 2.48. The number of H-pyrrole nitrogens is 1. The van der Waals surface area contributed by atoms with Gasteiger partial charge in [0.1, 0.15) is 5.69 Å². The first-order valence-electron chi connectivity index (χ1n) is 5.93. The molecule has 6 heteroatoms. The van der Waals surface area contributed by atoms with Crippen molar-refractivity contribution < 1.29 is 9.59 Å². The minimum Gasteiger partial charge on any atom is -0.326 e. The van der Waals surface area contributed by atoms with E-state index >= 15 is 0 Å².